The van der Waals surface area contributed by atoms with E-state index in [1.165, 1.54) is 18.0 Å². The smallest absolute Gasteiger partial charge is 0.227 e. The fraction of sp³-hybridized carbons (Fsp3) is 0.545. The van der Waals surface area contributed by atoms with Crippen LogP contribution in [0.15, 0.2) is 6.20 Å². The Morgan fingerprint density at radius 3 is 2.78 bits per heavy atom. The molecule has 0 aliphatic carbocycles. The highest BCUT2D eigenvalue weighted by Gasteiger charge is 2.18. The maximum absolute atomic E-state index is 11.4. The Bertz CT molecular complexity index is 445. The van der Waals surface area contributed by atoms with Crippen LogP contribution in [0, 0.1) is 0 Å². The van der Waals surface area contributed by atoms with E-state index in [-0.39, 0.29) is 5.91 Å². The molecule has 0 bridgehead atoms. The third-order valence-electron chi connectivity index (χ3n) is 2.87. The van der Waals surface area contributed by atoms with Crippen molar-refractivity contribution in [3.63, 3.8) is 0 Å². The molecule has 1 saturated heterocycles. The predicted molar refractivity (Wildman–Crippen MR) is 68.6 cm³/mol. The van der Waals surface area contributed by atoms with Gasteiger partial charge in [0.1, 0.15) is 0 Å². The van der Waals surface area contributed by atoms with Crippen molar-refractivity contribution in [2.45, 2.75) is 6.92 Å². The van der Waals surface area contributed by atoms with E-state index < -0.39 is 0 Å². The molecule has 0 spiro atoms. The van der Waals surface area contributed by atoms with Gasteiger partial charge in [-0.2, -0.15) is 4.98 Å². The molecule has 1 amide bonds. The molecule has 0 atom stereocenters. The first-order valence-electron chi connectivity index (χ1n) is 5.79. The number of carbonyl (C=O) groups is 1. The second-order valence-electron chi connectivity index (χ2n) is 4.13. The van der Waals surface area contributed by atoms with Crippen LogP contribution in [0.1, 0.15) is 6.92 Å². The van der Waals surface area contributed by atoms with E-state index in [9.17, 15) is 4.79 Å². The highest BCUT2D eigenvalue weighted by molar-refractivity contribution is 5.92. The molecule has 7 nitrogen and oxygen atoms in total. The zero-order valence-corrected chi connectivity index (χ0v) is 10.6. The minimum Gasteiger partial charge on any atom is -0.394 e. The molecule has 1 aromatic heterocycles. The van der Waals surface area contributed by atoms with Gasteiger partial charge in [0, 0.05) is 27.1 Å². The average Bonchev–Trinajstić information content (AvgIpc) is 2.39. The summed E-state index contributed by atoms with van der Waals surface area (Å²) in [6, 6.07) is 0. The van der Waals surface area contributed by atoms with Crippen molar-refractivity contribution in [2.24, 2.45) is 0 Å². The van der Waals surface area contributed by atoms with Gasteiger partial charge in [-0.05, 0) is 0 Å². The van der Waals surface area contributed by atoms with E-state index in [0.717, 1.165) is 13.1 Å². The molecule has 1 aromatic rings. The molecule has 7 heteroatoms. The molecular formula is C11H17N5O2. The number of carbonyl (C=O) groups excluding carboxylic acids is 1. The lowest BCUT2D eigenvalue weighted by atomic mass is 10.4. The molecule has 1 aliphatic rings. The maximum Gasteiger partial charge on any atom is 0.227 e. The molecule has 2 rings (SSSR count). The van der Waals surface area contributed by atoms with Crippen molar-refractivity contribution in [3.8, 4) is 0 Å². The van der Waals surface area contributed by atoms with E-state index in [4.69, 9.17) is 10.5 Å². The monoisotopic (exact) mass is 251 g/mol. The lowest BCUT2D eigenvalue weighted by Gasteiger charge is -2.27. The third-order valence-corrected chi connectivity index (χ3v) is 2.87. The van der Waals surface area contributed by atoms with Crippen LogP contribution < -0.4 is 15.5 Å². The van der Waals surface area contributed by atoms with Gasteiger partial charge in [-0.1, -0.05) is 0 Å². The summed E-state index contributed by atoms with van der Waals surface area (Å²) >= 11 is 0. The topological polar surface area (TPSA) is 84.6 Å². The Morgan fingerprint density at radius 1 is 1.50 bits per heavy atom. The highest BCUT2D eigenvalue weighted by Crippen LogP contribution is 2.21. The lowest BCUT2D eigenvalue weighted by Crippen LogP contribution is -2.37. The quantitative estimate of drug-likeness (QED) is 0.788. The van der Waals surface area contributed by atoms with Crippen LogP contribution in [-0.2, 0) is 9.53 Å². The molecule has 98 valence electrons. The molecule has 2 heterocycles. The Morgan fingerprint density at radius 2 is 2.17 bits per heavy atom. The van der Waals surface area contributed by atoms with E-state index in [1.54, 1.807) is 7.05 Å². The summed E-state index contributed by atoms with van der Waals surface area (Å²) in [7, 11) is 1.64. The summed E-state index contributed by atoms with van der Waals surface area (Å²) in [4.78, 5) is 23.3. The van der Waals surface area contributed by atoms with Crippen molar-refractivity contribution < 1.29 is 9.53 Å². The Kier molecular flexibility index (Phi) is 3.61. The van der Waals surface area contributed by atoms with E-state index in [1.807, 2.05) is 4.90 Å². The van der Waals surface area contributed by atoms with Crippen molar-refractivity contribution in [1.82, 2.24) is 9.97 Å². The van der Waals surface area contributed by atoms with Crippen LogP contribution in [0.4, 0.5) is 17.5 Å². The van der Waals surface area contributed by atoms with Crippen LogP contribution in [0.25, 0.3) is 0 Å². The zero-order valence-electron chi connectivity index (χ0n) is 10.6. The van der Waals surface area contributed by atoms with E-state index in [2.05, 4.69) is 9.97 Å². The number of rotatable bonds is 2. The van der Waals surface area contributed by atoms with Gasteiger partial charge < -0.3 is 15.4 Å². The van der Waals surface area contributed by atoms with E-state index >= 15 is 0 Å². The van der Waals surface area contributed by atoms with Crippen LogP contribution in [0.2, 0.25) is 0 Å². The van der Waals surface area contributed by atoms with Gasteiger partial charge in [0.15, 0.2) is 5.82 Å². The predicted octanol–water partition coefficient (Wildman–Crippen LogP) is -0.122. The number of amides is 1. The fourth-order valence-corrected chi connectivity index (χ4v) is 1.71. The summed E-state index contributed by atoms with van der Waals surface area (Å²) in [6.45, 7) is 4.27. The normalized spacial score (nSPS) is 15.6. The largest absolute Gasteiger partial charge is 0.394 e. The van der Waals surface area contributed by atoms with E-state index in [0.29, 0.717) is 30.7 Å². The minimum absolute atomic E-state index is 0.117. The first-order valence-corrected chi connectivity index (χ1v) is 5.79. The Balaban J connectivity index is 2.27. The number of nitrogens with two attached hydrogens (primary N) is 1. The van der Waals surface area contributed by atoms with Gasteiger partial charge in [-0.3, -0.25) is 9.69 Å². The van der Waals surface area contributed by atoms with Crippen molar-refractivity contribution in [2.75, 3.05) is 48.9 Å². The van der Waals surface area contributed by atoms with Crippen molar-refractivity contribution in [1.29, 1.82) is 0 Å². The highest BCUT2D eigenvalue weighted by atomic mass is 16.5. The number of ether oxygens (including phenoxy) is 1. The molecule has 0 aromatic carbocycles. The molecule has 18 heavy (non-hydrogen) atoms. The summed E-state index contributed by atoms with van der Waals surface area (Å²) < 4.78 is 5.27. The minimum atomic E-state index is -0.117. The molecule has 0 unspecified atom stereocenters. The van der Waals surface area contributed by atoms with Gasteiger partial charge in [0.25, 0.3) is 0 Å². The van der Waals surface area contributed by atoms with Crippen molar-refractivity contribution >= 4 is 23.4 Å². The standard InChI is InChI=1S/C11H17N5O2/c1-8(17)15(2)10-9(12)7-13-11(14-10)16-3-5-18-6-4-16/h7H,3-6,12H2,1-2H3. The van der Waals surface area contributed by atoms with Gasteiger partial charge in [0.05, 0.1) is 25.1 Å². The second kappa shape index (κ2) is 5.18. The van der Waals surface area contributed by atoms with Crippen LogP contribution >= 0.6 is 0 Å². The number of anilines is 3. The fourth-order valence-electron chi connectivity index (χ4n) is 1.71. The first kappa shape index (κ1) is 12.6. The number of hydrogen-bond donors (Lipinski definition) is 1. The number of hydrogen-bond acceptors (Lipinski definition) is 6. The first-order chi connectivity index (χ1) is 8.59. The number of morpholine rings is 1. The van der Waals surface area contributed by atoms with Crippen LogP contribution in [0.3, 0.4) is 0 Å². The molecular weight excluding hydrogens is 234 g/mol. The Hall–Kier alpha value is -1.89. The summed E-state index contributed by atoms with van der Waals surface area (Å²) in [5, 5.41) is 0. The number of nitrogen functional groups attached to an aromatic ring is 1. The van der Waals surface area contributed by atoms with Gasteiger partial charge in [-0.25, -0.2) is 4.98 Å². The summed E-state index contributed by atoms with van der Waals surface area (Å²) in [5.41, 5.74) is 6.19. The number of aromatic nitrogens is 2. The molecule has 1 aliphatic heterocycles. The van der Waals surface area contributed by atoms with Gasteiger partial charge in [0.2, 0.25) is 11.9 Å². The number of nitrogens with zero attached hydrogens (tertiary/aromatic N) is 4. The zero-order chi connectivity index (χ0) is 13.1. The summed E-state index contributed by atoms with van der Waals surface area (Å²) in [6.07, 6.45) is 1.53. The average molecular weight is 251 g/mol. The maximum atomic E-state index is 11.4. The molecule has 2 N–H and O–H groups in total. The second-order valence-corrected chi connectivity index (χ2v) is 4.13. The van der Waals surface area contributed by atoms with Gasteiger partial charge >= 0.3 is 0 Å². The Labute approximate surface area is 106 Å². The summed E-state index contributed by atoms with van der Waals surface area (Å²) in [5.74, 6) is 0.905. The van der Waals surface area contributed by atoms with Crippen molar-refractivity contribution in [3.05, 3.63) is 6.20 Å². The molecule has 0 radical (unpaired) electrons. The lowest BCUT2D eigenvalue weighted by molar-refractivity contribution is -0.116. The van der Waals surface area contributed by atoms with Crippen LogP contribution in [0.5, 0.6) is 0 Å². The van der Waals surface area contributed by atoms with Gasteiger partial charge in [-0.15, -0.1) is 0 Å². The third kappa shape index (κ3) is 2.51. The SMILES string of the molecule is CC(=O)N(C)c1nc(N2CCOCC2)ncc1N. The van der Waals surface area contributed by atoms with Crippen LogP contribution in [-0.4, -0.2) is 49.2 Å². The molecule has 0 saturated carbocycles. The molecule has 1 fully saturated rings.